The molecule has 17 heavy (non-hydrogen) atoms. The van der Waals surface area contributed by atoms with Crippen LogP contribution in [-0.2, 0) is 4.74 Å². The van der Waals surface area contributed by atoms with Gasteiger partial charge in [-0.1, -0.05) is 11.6 Å². The van der Waals surface area contributed by atoms with Gasteiger partial charge in [0.25, 0.3) is 0 Å². The maximum absolute atomic E-state index is 5.93. The van der Waals surface area contributed by atoms with E-state index in [1.54, 1.807) is 6.20 Å². The van der Waals surface area contributed by atoms with Crippen LogP contribution in [0.15, 0.2) is 18.3 Å². The van der Waals surface area contributed by atoms with E-state index in [1.165, 1.54) is 0 Å². The Morgan fingerprint density at radius 2 is 2.35 bits per heavy atom. The molecule has 2 aliphatic rings. The quantitative estimate of drug-likeness (QED) is 0.705. The minimum atomic E-state index is 0.320. The lowest BCUT2D eigenvalue weighted by Crippen LogP contribution is -2.48. The molecule has 0 spiro atoms. The molecule has 3 rings (SSSR count). The van der Waals surface area contributed by atoms with Crippen LogP contribution in [0.5, 0.6) is 0 Å². The van der Waals surface area contributed by atoms with Crippen molar-refractivity contribution in [1.82, 2.24) is 9.88 Å². The predicted molar refractivity (Wildman–Crippen MR) is 67.6 cm³/mol. The molecule has 0 N–H and O–H groups in total. The van der Waals surface area contributed by atoms with E-state index in [9.17, 15) is 0 Å². The van der Waals surface area contributed by atoms with Crippen molar-refractivity contribution in [2.24, 2.45) is 0 Å². The molecule has 0 bridgehead atoms. The monoisotopic (exact) mass is 253 g/mol. The molecule has 1 aromatic heterocycles. The summed E-state index contributed by atoms with van der Waals surface area (Å²) in [6, 6.07) is 4.41. The number of morpholine rings is 1. The number of hydrogen-bond donors (Lipinski definition) is 0. The Hall–Kier alpha value is -0.840. The fraction of sp³-hybridized carbons (Fsp3) is 0.583. The second kappa shape index (κ2) is 4.44. The number of anilines is 1. The number of fused-ring (bicyclic) bond motifs is 1. The van der Waals surface area contributed by atoms with Crippen molar-refractivity contribution in [3.8, 4) is 0 Å². The summed E-state index contributed by atoms with van der Waals surface area (Å²) < 4.78 is 5.82. The van der Waals surface area contributed by atoms with E-state index < -0.39 is 0 Å². The van der Waals surface area contributed by atoms with Gasteiger partial charge in [0.05, 0.1) is 18.8 Å². The summed E-state index contributed by atoms with van der Waals surface area (Å²) in [7, 11) is 2.17. The molecule has 2 saturated heterocycles. The van der Waals surface area contributed by atoms with Crippen LogP contribution in [-0.4, -0.2) is 55.3 Å². The number of likely N-dealkylation sites (N-methyl/N-ethyl adjacent to an activating group) is 1. The number of halogens is 1. The Labute approximate surface area is 106 Å². The highest BCUT2D eigenvalue weighted by molar-refractivity contribution is 6.29. The molecule has 1 aromatic rings. The number of hydrogen-bond acceptors (Lipinski definition) is 4. The first kappa shape index (κ1) is 11.3. The van der Waals surface area contributed by atoms with E-state index in [0.29, 0.717) is 17.3 Å². The fourth-order valence-electron chi connectivity index (χ4n) is 2.66. The van der Waals surface area contributed by atoms with Gasteiger partial charge in [0, 0.05) is 31.5 Å². The molecule has 3 heterocycles. The first-order valence-corrected chi connectivity index (χ1v) is 6.30. The van der Waals surface area contributed by atoms with Crippen molar-refractivity contribution in [2.45, 2.75) is 12.1 Å². The molecular weight excluding hydrogens is 238 g/mol. The van der Waals surface area contributed by atoms with Gasteiger partial charge in [-0.05, 0) is 19.2 Å². The van der Waals surface area contributed by atoms with E-state index in [4.69, 9.17) is 16.3 Å². The normalized spacial score (nSPS) is 29.4. The lowest BCUT2D eigenvalue weighted by atomic mass is 10.1. The Bertz CT molecular complexity index is 414. The Morgan fingerprint density at radius 1 is 1.47 bits per heavy atom. The highest BCUT2D eigenvalue weighted by Crippen LogP contribution is 2.27. The van der Waals surface area contributed by atoms with Crippen molar-refractivity contribution >= 4 is 17.3 Å². The maximum Gasteiger partial charge on any atom is 0.131 e. The minimum absolute atomic E-state index is 0.320. The van der Waals surface area contributed by atoms with Crippen LogP contribution in [0, 0.1) is 0 Å². The number of nitrogens with zero attached hydrogens (tertiary/aromatic N) is 3. The van der Waals surface area contributed by atoms with Gasteiger partial charge in [-0.2, -0.15) is 0 Å². The van der Waals surface area contributed by atoms with Crippen LogP contribution < -0.4 is 4.90 Å². The lowest BCUT2D eigenvalue weighted by molar-refractivity contribution is -0.0362. The smallest absolute Gasteiger partial charge is 0.131 e. The molecular formula is C12H16ClN3O. The molecule has 5 heteroatoms. The SMILES string of the molecule is CN1CCOC2CN(c3ccnc(Cl)c3)CC21. The standard InChI is InChI=1S/C12H16ClN3O/c1-15-4-5-17-11-8-16(7-10(11)15)9-2-3-14-12(13)6-9/h2-3,6,10-11H,4-5,7-8H2,1H3. The molecule has 0 radical (unpaired) electrons. The van der Waals surface area contributed by atoms with Crippen molar-refractivity contribution in [3.63, 3.8) is 0 Å². The number of pyridine rings is 1. The zero-order valence-electron chi connectivity index (χ0n) is 9.84. The van der Waals surface area contributed by atoms with Crippen molar-refractivity contribution in [1.29, 1.82) is 0 Å². The maximum atomic E-state index is 5.93. The van der Waals surface area contributed by atoms with Crippen LogP contribution in [0.3, 0.4) is 0 Å². The third-order valence-electron chi connectivity index (χ3n) is 3.65. The minimum Gasteiger partial charge on any atom is -0.373 e. The number of rotatable bonds is 1. The summed E-state index contributed by atoms with van der Waals surface area (Å²) in [5.74, 6) is 0. The van der Waals surface area contributed by atoms with Crippen LogP contribution in [0.1, 0.15) is 0 Å². The molecule has 4 nitrogen and oxygen atoms in total. The molecule has 2 fully saturated rings. The Balaban J connectivity index is 1.79. The summed E-state index contributed by atoms with van der Waals surface area (Å²) in [6.07, 6.45) is 2.07. The zero-order valence-corrected chi connectivity index (χ0v) is 10.6. The summed E-state index contributed by atoms with van der Waals surface area (Å²) in [4.78, 5) is 8.72. The van der Waals surface area contributed by atoms with Gasteiger partial charge in [-0.3, -0.25) is 4.90 Å². The van der Waals surface area contributed by atoms with Crippen molar-refractivity contribution in [2.75, 3.05) is 38.2 Å². The fourth-order valence-corrected chi connectivity index (χ4v) is 2.83. The second-order valence-electron chi connectivity index (χ2n) is 4.70. The molecule has 0 aliphatic carbocycles. The summed E-state index contributed by atoms with van der Waals surface area (Å²) >= 11 is 5.93. The van der Waals surface area contributed by atoms with Gasteiger partial charge in [0.15, 0.2) is 0 Å². The third kappa shape index (κ3) is 2.12. The van der Waals surface area contributed by atoms with E-state index >= 15 is 0 Å². The zero-order chi connectivity index (χ0) is 11.8. The van der Waals surface area contributed by atoms with E-state index in [0.717, 1.165) is 31.9 Å². The van der Waals surface area contributed by atoms with Crippen LogP contribution >= 0.6 is 11.6 Å². The van der Waals surface area contributed by atoms with Gasteiger partial charge in [-0.15, -0.1) is 0 Å². The molecule has 2 aliphatic heterocycles. The van der Waals surface area contributed by atoms with Gasteiger partial charge >= 0.3 is 0 Å². The molecule has 0 amide bonds. The average molecular weight is 254 g/mol. The second-order valence-corrected chi connectivity index (χ2v) is 5.09. The Morgan fingerprint density at radius 3 is 3.12 bits per heavy atom. The molecule has 2 unspecified atom stereocenters. The van der Waals surface area contributed by atoms with E-state index in [1.807, 2.05) is 12.1 Å². The summed E-state index contributed by atoms with van der Waals surface area (Å²) in [6.45, 7) is 3.80. The first-order chi connectivity index (χ1) is 8.24. The summed E-state index contributed by atoms with van der Waals surface area (Å²) in [5.41, 5.74) is 1.14. The van der Waals surface area contributed by atoms with Crippen LogP contribution in [0.25, 0.3) is 0 Å². The molecule has 92 valence electrons. The first-order valence-electron chi connectivity index (χ1n) is 5.92. The van der Waals surface area contributed by atoms with Gasteiger partial charge in [-0.25, -0.2) is 4.98 Å². The highest BCUT2D eigenvalue weighted by Gasteiger charge is 2.38. The average Bonchev–Trinajstić information content (AvgIpc) is 2.74. The van der Waals surface area contributed by atoms with Gasteiger partial charge in [0.2, 0.25) is 0 Å². The Kier molecular flexibility index (Phi) is 2.94. The summed E-state index contributed by atoms with van der Waals surface area (Å²) in [5, 5.41) is 0.548. The highest BCUT2D eigenvalue weighted by atomic mass is 35.5. The number of aromatic nitrogens is 1. The molecule has 0 saturated carbocycles. The van der Waals surface area contributed by atoms with Crippen molar-refractivity contribution in [3.05, 3.63) is 23.5 Å². The number of ether oxygens (including phenoxy) is 1. The van der Waals surface area contributed by atoms with Crippen LogP contribution in [0.2, 0.25) is 5.15 Å². The topological polar surface area (TPSA) is 28.6 Å². The predicted octanol–water partition coefficient (Wildman–Crippen LogP) is 1.25. The van der Waals surface area contributed by atoms with E-state index in [2.05, 4.69) is 21.8 Å². The molecule has 2 atom stereocenters. The lowest BCUT2D eigenvalue weighted by Gasteiger charge is -2.33. The van der Waals surface area contributed by atoms with Crippen molar-refractivity contribution < 1.29 is 4.74 Å². The largest absolute Gasteiger partial charge is 0.373 e. The van der Waals surface area contributed by atoms with Gasteiger partial charge < -0.3 is 9.64 Å². The molecule has 0 aromatic carbocycles. The van der Waals surface area contributed by atoms with Gasteiger partial charge in [0.1, 0.15) is 5.15 Å². The van der Waals surface area contributed by atoms with Crippen LogP contribution in [0.4, 0.5) is 5.69 Å². The third-order valence-corrected chi connectivity index (χ3v) is 3.86. The van der Waals surface area contributed by atoms with E-state index in [-0.39, 0.29) is 0 Å².